The van der Waals surface area contributed by atoms with Gasteiger partial charge in [-0.25, -0.2) is 14.2 Å². The maximum atomic E-state index is 14.3. The molecule has 0 radical (unpaired) electrons. The minimum absolute atomic E-state index is 0.0322. The van der Waals surface area contributed by atoms with E-state index in [0.29, 0.717) is 40.0 Å². The number of para-hydroxylation sites is 1. The maximum absolute atomic E-state index is 14.3. The second-order valence-electron chi connectivity index (χ2n) is 10.3. The zero-order chi connectivity index (χ0) is 30.7. The third kappa shape index (κ3) is 6.67. The Labute approximate surface area is 251 Å². The summed E-state index contributed by atoms with van der Waals surface area (Å²) in [5, 5.41) is 0.321. The number of hydrogen-bond acceptors (Lipinski definition) is 7. The molecule has 3 aromatic carbocycles. The van der Waals surface area contributed by atoms with Gasteiger partial charge in [0.1, 0.15) is 23.8 Å². The summed E-state index contributed by atoms with van der Waals surface area (Å²) < 4.78 is 63.5. The molecule has 0 aliphatic carbocycles. The molecule has 0 spiro atoms. The van der Waals surface area contributed by atoms with Crippen LogP contribution in [0.1, 0.15) is 46.1 Å². The number of ether oxygens (including phenoxy) is 4. The van der Waals surface area contributed by atoms with Crippen LogP contribution in [0.4, 0.5) is 13.2 Å². The van der Waals surface area contributed by atoms with Crippen LogP contribution in [0.2, 0.25) is 5.02 Å². The second kappa shape index (κ2) is 13.1. The Balaban J connectivity index is 1.29. The Kier molecular flexibility index (Phi) is 9.31. The van der Waals surface area contributed by atoms with E-state index in [9.17, 15) is 18.0 Å². The third-order valence-electron chi connectivity index (χ3n) is 7.69. The Morgan fingerprint density at radius 1 is 1.09 bits per heavy atom. The Bertz CT molecular complexity index is 1620. The van der Waals surface area contributed by atoms with Crippen LogP contribution < -0.4 is 14.2 Å². The zero-order valence-corrected chi connectivity index (χ0v) is 24.7. The van der Waals surface area contributed by atoms with Gasteiger partial charge < -0.3 is 23.5 Å². The highest BCUT2D eigenvalue weighted by molar-refractivity contribution is 6.30. The first-order chi connectivity index (χ1) is 20.7. The Morgan fingerprint density at radius 2 is 1.86 bits per heavy atom. The van der Waals surface area contributed by atoms with Gasteiger partial charge in [-0.05, 0) is 62.2 Å². The van der Waals surface area contributed by atoms with E-state index in [2.05, 4.69) is 9.88 Å². The minimum Gasteiger partial charge on any atom is -0.493 e. The van der Waals surface area contributed by atoms with E-state index >= 15 is 0 Å². The predicted octanol–water partition coefficient (Wildman–Crippen LogP) is 6.72. The number of imidazole rings is 1. The van der Waals surface area contributed by atoms with E-state index in [-0.39, 0.29) is 29.4 Å². The average Bonchev–Trinajstić information content (AvgIpc) is 3.31. The van der Waals surface area contributed by atoms with E-state index in [1.165, 1.54) is 19.2 Å². The summed E-state index contributed by atoms with van der Waals surface area (Å²) in [5.41, 5.74) is 2.24. The number of nitrogens with zero attached hydrogens (tertiary/aromatic N) is 3. The first kappa shape index (κ1) is 30.5. The number of aromatic nitrogens is 2. The summed E-state index contributed by atoms with van der Waals surface area (Å²) in [6.45, 7) is -1.05. The largest absolute Gasteiger partial charge is 0.493 e. The van der Waals surface area contributed by atoms with Gasteiger partial charge in [0.15, 0.2) is 17.2 Å². The van der Waals surface area contributed by atoms with Crippen molar-refractivity contribution < 1.29 is 36.9 Å². The van der Waals surface area contributed by atoms with Crippen molar-refractivity contribution in [2.24, 2.45) is 7.05 Å². The summed E-state index contributed by atoms with van der Waals surface area (Å²) in [6.07, 6.45) is 1.67. The molecule has 4 aromatic rings. The molecule has 0 bridgehead atoms. The number of rotatable bonds is 10. The standard InChI is InChI=1S/C31H31ClF3N3O5/c1-37-24-13-20(30(39)41-3)14-26(43-31(34)35)28(24)36-27(37)16-38-11-9-18(10-12-38)22-5-4-6-25(29(22)40-2)42-17-19-7-8-21(32)15-23(19)33/h4-8,13-15,18,31H,9-12,16-17H2,1-3H3. The normalized spacial score (nSPS) is 14.3. The van der Waals surface area contributed by atoms with Crippen LogP contribution in [0.3, 0.4) is 0 Å². The number of carbonyl (C=O) groups is 1. The molecule has 0 amide bonds. The van der Waals surface area contributed by atoms with Crippen molar-refractivity contribution in [1.29, 1.82) is 0 Å². The van der Waals surface area contributed by atoms with Gasteiger partial charge in [-0.3, -0.25) is 4.90 Å². The molecular formula is C31H31ClF3N3O5. The van der Waals surface area contributed by atoms with Crippen molar-refractivity contribution in [2.45, 2.75) is 38.5 Å². The molecule has 43 heavy (non-hydrogen) atoms. The first-order valence-corrected chi connectivity index (χ1v) is 14.0. The van der Waals surface area contributed by atoms with Crippen molar-refractivity contribution >= 4 is 28.6 Å². The Morgan fingerprint density at radius 3 is 2.53 bits per heavy atom. The minimum atomic E-state index is -3.07. The van der Waals surface area contributed by atoms with Crippen LogP contribution in [0.15, 0.2) is 48.5 Å². The summed E-state index contributed by atoms with van der Waals surface area (Å²) in [5.74, 6) is 0.739. The van der Waals surface area contributed by atoms with E-state index < -0.39 is 18.4 Å². The number of methoxy groups -OCH3 is 2. The fourth-order valence-corrected chi connectivity index (χ4v) is 5.61. The highest BCUT2D eigenvalue weighted by Gasteiger charge is 2.27. The highest BCUT2D eigenvalue weighted by atomic mass is 35.5. The lowest BCUT2D eigenvalue weighted by Gasteiger charge is -2.32. The number of esters is 1. The lowest BCUT2D eigenvalue weighted by Crippen LogP contribution is -2.33. The number of aryl methyl sites for hydroxylation is 1. The molecule has 0 atom stereocenters. The summed E-state index contributed by atoms with van der Waals surface area (Å²) in [7, 11) is 4.59. The van der Waals surface area contributed by atoms with Crippen LogP contribution in [-0.4, -0.2) is 54.3 Å². The highest BCUT2D eigenvalue weighted by Crippen LogP contribution is 2.40. The van der Waals surface area contributed by atoms with Gasteiger partial charge in [0.25, 0.3) is 0 Å². The monoisotopic (exact) mass is 617 g/mol. The molecule has 1 saturated heterocycles. The topological polar surface area (TPSA) is 75.1 Å². The summed E-state index contributed by atoms with van der Waals surface area (Å²) in [6, 6.07) is 13.0. The number of piperidine rings is 1. The number of hydrogen-bond donors (Lipinski definition) is 0. The van der Waals surface area contributed by atoms with Gasteiger partial charge in [-0.15, -0.1) is 0 Å². The SMILES string of the molecule is COC(=O)c1cc(OC(F)F)c2nc(CN3CCC(c4cccc(OCc5ccc(Cl)cc5F)c4OC)CC3)n(C)c2c1. The number of halogens is 4. The number of likely N-dealkylation sites (tertiary alicyclic amines) is 1. The van der Waals surface area contributed by atoms with Crippen molar-refractivity contribution in [3.63, 3.8) is 0 Å². The van der Waals surface area contributed by atoms with Crippen LogP contribution >= 0.6 is 11.6 Å². The lowest BCUT2D eigenvalue weighted by atomic mass is 9.88. The molecule has 1 fully saturated rings. The summed E-state index contributed by atoms with van der Waals surface area (Å²) in [4.78, 5) is 19.0. The molecular weight excluding hydrogens is 587 g/mol. The lowest BCUT2D eigenvalue weighted by molar-refractivity contribution is -0.0489. The number of alkyl halides is 2. The molecule has 0 saturated carbocycles. The van der Waals surface area contributed by atoms with Gasteiger partial charge in [0, 0.05) is 23.2 Å². The van der Waals surface area contributed by atoms with E-state index in [1.807, 2.05) is 12.1 Å². The molecule has 1 aliphatic rings. The Hall–Kier alpha value is -3.96. The van der Waals surface area contributed by atoms with Crippen molar-refractivity contribution in [3.8, 4) is 17.2 Å². The smallest absolute Gasteiger partial charge is 0.387 e. The molecule has 1 aliphatic heterocycles. The van der Waals surface area contributed by atoms with Crippen LogP contribution in [0.5, 0.6) is 17.2 Å². The van der Waals surface area contributed by atoms with Gasteiger partial charge in [-0.1, -0.05) is 29.8 Å². The molecule has 0 N–H and O–H groups in total. The van der Waals surface area contributed by atoms with Crippen molar-refractivity contribution in [3.05, 3.63) is 81.9 Å². The molecule has 1 aromatic heterocycles. The molecule has 8 nitrogen and oxygen atoms in total. The third-order valence-corrected chi connectivity index (χ3v) is 7.92. The van der Waals surface area contributed by atoms with Crippen molar-refractivity contribution in [1.82, 2.24) is 14.5 Å². The molecule has 228 valence electrons. The fourth-order valence-electron chi connectivity index (χ4n) is 5.45. The summed E-state index contributed by atoms with van der Waals surface area (Å²) >= 11 is 5.86. The van der Waals surface area contributed by atoms with Gasteiger partial charge in [0.05, 0.1) is 31.8 Å². The predicted molar refractivity (Wildman–Crippen MR) is 155 cm³/mol. The van der Waals surface area contributed by atoms with Gasteiger partial charge in [-0.2, -0.15) is 8.78 Å². The van der Waals surface area contributed by atoms with E-state index in [1.54, 1.807) is 43.0 Å². The van der Waals surface area contributed by atoms with E-state index in [4.69, 9.17) is 30.5 Å². The maximum Gasteiger partial charge on any atom is 0.387 e. The number of benzene rings is 3. The average molecular weight is 618 g/mol. The van der Waals surface area contributed by atoms with Crippen LogP contribution in [0.25, 0.3) is 11.0 Å². The number of carbonyl (C=O) groups excluding carboxylic acids is 1. The second-order valence-corrected chi connectivity index (χ2v) is 10.7. The number of fused-ring (bicyclic) bond motifs is 1. The fraction of sp³-hybridized carbons (Fsp3) is 0.355. The van der Waals surface area contributed by atoms with Gasteiger partial charge >= 0.3 is 12.6 Å². The van der Waals surface area contributed by atoms with Crippen LogP contribution in [-0.2, 0) is 24.9 Å². The van der Waals surface area contributed by atoms with Crippen LogP contribution in [0, 0.1) is 5.82 Å². The van der Waals surface area contributed by atoms with E-state index in [0.717, 1.165) is 31.5 Å². The van der Waals surface area contributed by atoms with Gasteiger partial charge in [0.2, 0.25) is 0 Å². The molecule has 0 unspecified atom stereocenters. The molecule has 2 heterocycles. The van der Waals surface area contributed by atoms with Crippen molar-refractivity contribution in [2.75, 3.05) is 27.3 Å². The first-order valence-electron chi connectivity index (χ1n) is 13.7. The quantitative estimate of drug-likeness (QED) is 0.183. The zero-order valence-electron chi connectivity index (χ0n) is 23.9. The molecule has 12 heteroatoms. The molecule has 5 rings (SSSR count).